The number of rotatable bonds is 1. The summed E-state index contributed by atoms with van der Waals surface area (Å²) in [5.74, 6) is 2.38. The Morgan fingerprint density at radius 2 is 2.43 bits per heavy atom. The fourth-order valence-electron chi connectivity index (χ4n) is 1.71. The molecule has 2 rings (SSSR count). The Bertz CT molecular complexity index is 316. The lowest BCUT2D eigenvalue weighted by molar-refractivity contribution is 0.699. The summed E-state index contributed by atoms with van der Waals surface area (Å²) in [6.45, 7) is 3.34. The number of nitrogens with two attached hydrogens (primary N) is 1. The van der Waals surface area contributed by atoms with Gasteiger partial charge in [0.2, 0.25) is 0 Å². The van der Waals surface area contributed by atoms with Crippen molar-refractivity contribution >= 4 is 23.1 Å². The Morgan fingerprint density at radius 1 is 1.57 bits per heavy atom. The lowest BCUT2D eigenvalue weighted by Gasteiger charge is -2.34. The third-order valence-corrected chi connectivity index (χ3v) is 3.63. The summed E-state index contributed by atoms with van der Waals surface area (Å²) in [5, 5.41) is 0. The average Bonchev–Trinajstić information content (AvgIpc) is 2.18. The molecule has 0 radical (unpaired) electrons. The fraction of sp³-hybridized carbons (Fsp3) is 0.500. The van der Waals surface area contributed by atoms with Crippen molar-refractivity contribution in [1.29, 1.82) is 0 Å². The van der Waals surface area contributed by atoms with Crippen molar-refractivity contribution in [1.82, 2.24) is 4.98 Å². The van der Waals surface area contributed by atoms with Gasteiger partial charge < -0.3 is 10.6 Å². The molecule has 0 spiro atoms. The van der Waals surface area contributed by atoms with Gasteiger partial charge in [-0.15, -0.1) is 0 Å². The third-order valence-electron chi connectivity index (χ3n) is 2.44. The predicted molar refractivity (Wildman–Crippen MR) is 62.8 cm³/mol. The first-order chi connectivity index (χ1) is 6.77. The van der Waals surface area contributed by atoms with Gasteiger partial charge in [-0.05, 0) is 13.0 Å². The smallest absolute Gasteiger partial charge is 0.0576 e. The van der Waals surface area contributed by atoms with E-state index in [-0.39, 0.29) is 0 Å². The Balaban J connectivity index is 2.20. The van der Waals surface area contributed by atoms with Crippen LogP contribution in [0.25, 0.3) is 0 Å². The SMILES string of the molecule is CC1CSCCN1c1cncc(N)c1. The van der Waals surface area contributed by atoms with E-state index in [4.69, 9.17) is 5.73 Å². The van der Waals surface area contributed by atoms with Crippen LogP contribution in [0.2, 0.25) is 0 Å². The number of nitrogen functional groups attached to an aromatic ring is 1. The van der Waals surface area contributed by atoms with Gasteiger partial charge in [0.05, 0.1) is 17.6 Å². The first kappa shape index (κ1) is 9.65. The molecule has 4 heteroatoms. The third kappa shape index (κ3) is 1.95. The number of aromatic nitrogens is 1. The molecule has 1 aromatic rings. The van der Waals surface area contributed by atoms with Crippen LogP contribution in [-0.2, 0) is 0 Å². The fourth-order valence-corrected chi connectivity index (χ4v) is 2.73. The largest absolute Gasteiger partial charge is 0.397 e. The standard InChI is InChI=1S/C10H15N3S/c1-8-7-14-3-2-13(8)10-4-9(11)5-12-6-10/h4-6,8H,2-3,7,11H2,1H3. The molecule has 1 fully saturated rings. The van der Waals surface area contributed by atoms with Gasteiger partial charge >= 0.3 is 0 Å². The van der Waals surface area contributed by atoms with Crippen LogP contribution in [0.3, 0.4) is 0 Å². The lowest BCUT2D eigenvalue weighted by atomic mass is 10.2. The maximum atomic E-state index is 5.72. The molecule has 0 bridgehead atoms. The van der Waals surface area contributed by atoms with Crippen LogP contribution in [0.15, 0.2) is 18.5 Å². The molecule has 1 aromatic heterocycles. The first-order valence-corrected chi connectivity index (χ1v) is 5.98. The van der Waals surface area contributed by atoms with Gasteiger partial charge in [0.25, 0.3) is 0 Å². The molecule has 2 N–H and O–H groups in total. The highest BCUT2D eigenvalue weighted by atomic mass is 32.2. The zero-order valence-corrected chi connectivity index (χ0v) is 9.13. The minimum atomic E-state index is 0.581. The summed E-state index contributed by atoms with van der Waals surface area (Å²) in [5.41, 5.74) is 7.61. The van der Waals surface area contributed by atoms with Crippen LogP contribution in [0.5, 0.6) is 0 Å². The summed E-state index contributed by atoms with van der Waals surface area (Å²) in [6.07, 6.45) is 3.58. The van der Waals surface area contributed by atoms with E-state index in [1.54, 1.807) is 6.20 Å². The van der Waals surface area contributed by atoms with Crippen molar-refractivity contribution in [3.05, 3.63) is 18.5 Å². The van der Waals surface area contributed by atoms with E-state index in [2.05, 4.69) is 16.8 Å². The van der Waals surface area contributed by atoms with Gasteiger partial charge in [0.15, 0.2) is 0 Å². The molecule has 0 amide bonds. The highest BCUT2D eigenvalue weighted by Crippen LogP contribution is 2.24. The predicted octanol–water partition coefficient (Wildman–Crippen LogP) is 1.61. The molecule has 1 saturated heterocycles. The Labute approximate surface area is 88.7 Å². The Morgan fingerprint density at radius 3 is 3.14 bits per heavy atom. The van der Waals surface area contributed by atoms with Crippen molar-refractivity contribution in [3.8, 4) is 0 Å². The molecule has 1 atom stereocenters. The molecule has 0 saturated carbocycles. The van der Waals surface area contributed by atoms with Crippen LogP contribution in [0, 0.1) is 0 Å². The number of nitrogens with zero attached hydrogens (tertiary/aromatic N) is 2. The highest BCUT2D eigenvalue weighted by molar-refractivity contribution is 7.99. The zero-order valence-electron chi connectivity index (χ0n) is 8.31. The second-order valence-corrected chi connectivity index (χ2v) is 4.74. The second kappa shape index (κ2) is 4.09. The van der Waals surface area contributed by atoms with Crippen LogP contribution in [0.4, 0.5) is 11.4 Å². The van der Waals surface area contributed by atoms with Crippen molar-refractivity contribution in [2.24, 2.45) is 0 Å². The van der Waals surface area contributed by atoms with Gasteiger partial charge in [-0.2, -0.15) is 11.8 Å². The normalized spacial score (nSPS) is 22.4. The minimum Gasteiger partial charge on any atom is -0.397 e. The molecule has 2 heterocycles. The molecule has 1 aliphatic heterocycles. The van der Waals surface area contributed by atoms with Gasteiger partial charge in [-0.3, -0.25) is 4.98 Å². The molecule has 0 aliphatic carbocycles. The summed E-state index contributed by atoms with van der Waals surface area (Å²) >= 11 is 2.01. The quantitative estimate of drug-likeness (QED) is 0.763. The monoisotopic (exact) mass is 209 g/mol. The topological polar surface area (TPSA) is 42.2 Å². The van der Waals surface area contributed by atoms with Crippen LogP contribution < -0.4 is 10.6 Å². The van der Waals surface area contributed by atoms with Gasteiger partial charge in [0.1, 0.15) is 0 Å². The van der Waals surface area contributed by atoms with Crippen LogP contribution in [-0.4, -0.2) is 29.1 Å². The van der Waals surface area contributed by atoms with Crippen molar-refractivity contribution in [2.45, 2.75) is 13.0 Å². The average molecular weight is 209 g/mol. The molecule has 76 valence electrons. The highest BCUT2D eigenvalue weighted by Gasteiger charge is 2.18. The van der Waals surface area contributed by atoms with Crippen molar-refractivity contribution in [2.75, 3.05) is 28.7 Å². The van der Waals surface area contributed by atoms with Crippen molar-refractivity contribution < 1.29 is 0 Å². The Kier molecular flexibility index (Phi) is 2.82. The molecular formula is C10H15N3S. The van der Waals surface area contributed by atoms with E-state index >= 15 is 0 Å². The number of pyridine rings is 1. The number of thioether (sulfide) groups is 1. The van der Waals surface area contributed by atoms with Gasteiger partial charge in [0, 0.05) is 30.3 Å². The number of hydrogen-bond acceptors (Lipinski definition) is 4. The summed E-state index contributed by atoms with van der Waals surface area (Å²) in [7, 11) is 0. The van der Waals surface area contributed by atoms with Crippen LogP contribution >= 0.6 is 11.8 Å². The summed E-state index contributed by atoms with van der Waals surface area (Å²) < 4.78 is 0. The molecule has 1 aliphatic rings. The second-order valence-electron chi connectivity index (χ2n) is 3.59. The lowest BCUT2D eigenvalue weighted by Crippen LogP contribution is -2.40. The zero-order chi connectivity index (χ0) is 9.97. The molecule has 14 heavy (non-hydrogen) atoms. The van der Waals surface area contributed by atoms with E-state index in [1.165, 1.54) is 11.5 Å². The maximum Gasteiger partial charge on any atom is 0.0576 e. The molecular weight excluding hydrogens is 194 g/mol. The van der Waals surface area contributed by atoms with Gasteiger partial charge in [-0.25, -0.2) is 0 Å². The summed E-state index contributed by atoms with van der Waals surface area (Å²) in [6, 6.07) is 2.58. The van der Waals surface area contributed by atoms with Gasteiger partial charge in [-0.1, -0.05) is 0 Å². The van der Waals surface area contributed by atoms with Crippen LogP contribution in [0.1, 0.15) is 6.92 Å². The number of anilines is 2. The van der Waals surface area contributed by atoms with E-state index < -0.39 is 0 Å². The van der Waals surface area contributed by atoms with E-state index in [0.29, 0.717) is 6.04 Å². The molecule has 1 unspecified atom stereocenters. The summed E-state index contributed by atoms with van der Waals surface area (Å²) in [4.78, 5) is 6.50. The molecule has 3 nitrogen and oxygen atoms in total. The first-order valence-electron chi connectivity index (χ1n) is 4.82. The minimum absolute atomic E-state index is 0.581. The maximum absolute atomic E-state index is 5.72. The van der Waals surface area contributed by atoms with E-state index in [0.717, 1.165) is 17.9 Å². The van der Waals surface area contributed by atoms with E-state index in [9.17, 15) is 0 Å². The van der Waals surface area contributed by atoms with E-state index in [1.807, 2.05) is 24.0 Å². The van der Waals surface area contributed by atoms with Crippen molar-refractivity contribution in [3.63, 3.8) is 0 Å². The molecule has 0 aromatic carbocycles. The number of hydrogen-bond donors (Lipinski definition) is 1. The Hall–Kier alpha value is -0.900.